The summed E-state index contributed by atoms with van der Waals surface area (Å²) in [6.07, 6.45) is 1.58. The predicted octanol–water partition coefficient (Wildman–Crippen LogP) is 5.71. The van der Waals surface area contributed by atoms with Gasteiger partial charge in [0.05, 0.1) is 29.1 Å². The number of benzene rings is 2. The van der Waals surface area contributed by atoms with Crippen molar-refractivity contribution in [1.82, 2.24) is 4.98 Å². The van der Waals surface area contributed by atoms with Crippen LogP contribution in [0, 0.1) is 5.82 Å². The predicted molar refractivity (Wildman–Crippen MR) is 102 cm³/mol. The lowest BCUT2D eigenvalue weighted by Crippen LogP contribution is -1.92. The highest BCUT2D eigenvalue weighted by Crippen LogP contribution is 2.33. The molecule has 3 aromatic rings. The van der Waals surface area contributed by atoms with E-state index in [2.05, 4.69) is 15.5 Å². The van der Waals surface area contributed by atoms with E-state index in [9.17, 15) is 4.39 Å². The Hall–Kier alpha value is -2.15. The Morgan fingerprint density at radius 3 is 2.52 bits per heavy atom. The highest BCUT2D eigenvalue weighted by Gasteiger charge is 2.08. The van der Waals surface area contributed by atoms with Gasteiger partial charge in [0, 0.05) is 10.9 Å². The Morgan fingerprint density at radius 1 is 1.20 bits per heavy atom. The Kier molecular flexibility index (Phi) is 5.53. The molecule has 0 bridgehead atoms. The van der Waals surface area contributed by atoms with Crippen LogP contribution in [0.25, 0.3) is 11.3 Å². The van der Waals surface area contributed by atoms with Gasteiger partial charge in [0.1, 0.15) is 5.82 Å². The number of nitrogens with one attached hydrogen (secondary N) is 1. The molecule has 0 aliphatic rings. The quantitative estimate of drug-likeness (QED) is 0.444. The third-order valence-corrected chi connectivity index (χ3v) is 4.55. The maximum atomic E-state index is 13.0. The average Bonchev–Trinajstić information content (AvgIpc) is 3.04. The Labute approximate surface area is 157 Å². The minimum atomic E-state index is -0.279. The molecule has 1 heterocycles. The second kappa shape index (κ2) is 7.82. The molecule has 0 amide bonds. The molecule has 25 heavy (non-hydrogen) atoms. The molecule has 2 aromatic carbocycles. The molecule has 0 fully saturated rings. The van der Waals surface area contributed by atoms with Crippen LogP contribution in [0.5, 0.6) is 5.75 Å². The van der Waals surface area contributed by atoms with E-state index in [1.165, 1.54) is 30.6 Å². The van der Waals surface area contributed by atoms with Gasteiger partial charge in [0.2, 0.25) is 5.13 Å². The molecular weight excluding hydrogens is 384 g/mol. The lowest BCUT2D eigenvalue weighted by atomic mass is 10.2. The molecule has 8 heteroatoms. The first kappa shape index (κ1) is 17.7. The fraction of sp³-hybridized carbons (Fsp3) is 0.0588. The second-order valence-electron chi connectivity index (χ2n) is 4.93. The van der Waals surface area contributed by atoms with Gasteiger partial charge in [0.25, 0.3) is 0 Å². The minimum absolute atomic E-state index is 0.279. The van der Waals surface area contributed by atoms with E-state index in [0.717, 1.165) is 16.8 Å². The summed E-state index contributed by atoms with van der Waals surface area (Å²) < 4.78 is 18.1. The minimum Gasteiger partial charge on any atom is -0.494 e. The summed E-state index contributed by atoms with van der Waals surface area (Å²) in [5.41, 5.74) is 5.15. The molecule has 0 aliphatic heterocycles. The van der Waals surface area contributed by atoms with Crippen molar-refractivity contribution in [3.05, 3.63) is 63.2 Å². The highest BCUT2D eigenvalue weighted by molar-refractivity contribution is 7.14. The lowest BCUT2D eigenvalue weighted by molar-refractivity contribution is 0.415. The van der Waals surface area contributed by atoms with Gasteiger partial charge >= 0.3 is 0 Å². The summed E-state index contributed by atoms with van der Waals surface area (Å²) in [5, 5.41) is 7.42. The van der Waals surface area contributed by atoms with Gasteiger partial charge in [-0.1, -0.05) is 23.2 Å². The van der Waals surface area contributed by atoms with Crippen molar-refractivity contribution in [2.45, 2.75) is 0 Å². The van der Waals surface area contributed by atoms with Crippen molar-refractivity contribution in [3.8, 4) is 17.0 Å². The summed E-state index contributed by atoms with van der Waals surface area (Å²) in [7, 11) is 1.50. The fourth-order valence-electron chi connectivity index (χ4n) is 2.09. The maximum absolute atomic E-state index is 13.0. The summed E-state index contributed by atoms with van der Waals surface area (Å²) in [4.78, 5) is 4.40. The van der Waals surface area contributed by atoms with E-state index in [-0.39, 0.29) is 5.82 Å². The van der Waals surface area contributed by atoms with E-state index < -0.39 is 0 Å². The van der Waals surface area contributed by atoms with Gasteiger partial charge in [-0.15, -0.1) is 11.3 Å². The van der Waals surface area contributed by atoms with Gasteiger partial charge < -0.3 is 4.74 Å². The standard InChI is InChI=1S/C17H12Cl2FN3OS/c1-24-16-13(18)6-10(7-14(16)19)8-21-23-17-22-15(9-25-17)11-2-4-12(20)5-3-11/h2-9H,1H3,(H,22,23)/b21-8-. The Morgan fingerprint density at radius 2 is 1.88 bits per heavy atom. The number of hydrogen-bond donors (Lipinski definition) is 1. The van der Waals surface area contributed by atoms with Crippen molar-refractivity contribution in [3.63, 3.8) is 0 Å². The molecule has 0 aliphatic carbocycles. The summed E-state index contributed by atoms with van der Waals surface area (Å²) >= 11 is 13.6. The molecule has 0 atom stereocenters. The first-order valence-electron chi connectivity index (χ1n) is 7.10. The van der Waals surface area contributed by atoms with Crippen molar-refractivity contribution in [2.75, 3.05) is 12.5 Å². The number of anilines is 1. The summed E-state index contributed by atoms with van der Waals surface area (Å²) in [5.74, 6) is 0.149. The number of rotatable bonds is 5. The smallest absolute Gasteiger partial charge is 0.203 e. The average molecular weight is 396 g/mol. The normalized spacial score (nSPS) is 11.0. The van der Waals surface area contributed by atoms with Crippen LogP contribution < -0.4 is 10.2 Å². The van der Waals surface area contributed by atoms with E-state index in [1.54, 1.807) is 30.5 Å². The monoisotopic (exact) mass is 395 g/mol. The number of aromatic nitrogens is 1. The zero-order valence-electron chi connectivity index (χ0n) is 13.0. The van der Waals surface area contributed by atoms with Crippen LogP contribution in [0.1, 0.15) is 5.56 Å². The van der Waals surface area contributed by atoms with E-state index >= 15 is 0 Å². The first-order valence-corrected chi connectivity index (χ1v) is 8.74. The topological polar surface area (TPSA) is 46.5 Å². The van der Waals surface area contributed by atoms with Crippen molar-refractivity contribution >= 4 is 45.9 Å². The van der Waals surface area contributed by atoms with Gasteiger partial charge in [-0.2, -0.15) is 5.10 Å². The van der Waals surface area contributed by atoms with Crippen molar-refractivity contribution in [1.29, 1.82) is 0 Å². The second-order valence-corrected chi connectivity index (χ2v) is 6.61. The van der Waals surface area contributed by atoms with Gasteiger partial charge in [-0.05, 0) is 42.0 Å². The Bertz CT molecular complexity index is 890. The number of nitrogens with zero attached hydrogens (tertiary/aromatic N) is 2. The zero-order chi connectivity index (χ0) is 17.8. The molecule has 128 valence electrons. The molecule has 1 N–H and O–H groups in total. The van der Waals surface area contributed by atoms with E-state index in [4.69, 9.17) is 27.9 Å². The third kappa shape index (κ3) is 4.28. The van der Waals surface area contributed by atoms with Crippen molar-refractivity contribution < 1.29 is 9.13 Å². The van der Waals surface area contributed by atoms with Crippen LogP contribution >= 0.6 is 34.5 Å². The van der Waals surface area contributed by atoms with Crippen molar-refractivity contribution in [2.24, 2.45) is 5.10 Å². The van der Waals surface area contributed by atoms with Gasteiger partial charge in [-0.25, -0.2) is 9.37 Å². The van der Waals surface area contributed by atoms with Crippen LogP contribution in [0.3, 0.4) is 0 Å². The number of ether oxygens (including phenoxy) is 1. The number of thiazole rings is 1. The molecule has 0 saturated carbocycles. The summed E-state index contributed by atoms with van der Waals surface area (Å²) in [6, 6.07) is 9.55. The van der Waals surface area contributed by atoms with Crippen LogP contribution in [-0.4, -0.2) is 18.3 Å². The highest BCUT2D eigenvalue weighted by atomic mass is 35.5. The first-order chi connectivity index (χ1) is 12.1. The number of halogens is 3. The lowest BCUT2D eigenvalue weighted by Gasteiger charge is -2.06. The van der Waals surface area contributed by atoms with Crippen LogP contribution in [-0.2, 0) is 0 Å². The largest absolute Gasteiger partial charge is 0.494 e. The molecule has 0 unspecified atom stereocenters. The number of hydrogen-bond acceptors (Lipinski definition) is 5. The molecule has 3 rings (SSSR count). The molecule has 0 spiro atoms. The third-order valence-electron chi connectivity index (χ3n) is 3.24. The Balaban J connectivity index is 1.70. The molecule has 1 aromatic heterocycles. The number of hydrazone groups is 1. The van der Waals surface area contributed by atoms with E-state index in [1.807, 2.05) is 5.38 Å². The van der Waals surface area contributed by atoms with Gasteiger partial charge in [-0.3, -0.25) is 5.43 Å². The van der Waals surface area contributed by atoms with Crippen LogP contribution in [0.2, 0.25) is 10.0 Å². The van der Waals surface area contributed by atoms with E-state index in [0.29, 0.717) is 20.9 Å². The molecular formula is C17H12Cl2FN3OS. The summed E-state index contributed by atoms with van der Waals surface area (Å²) in [6.45, 7) is 0. The van der Waals surface area contributed by atoms with Crippen LogP contribution in [0.15, 0.2) is 46.9 Å². The van der Waals surface area contributed by atoms with Crippen LogP contribution in [0.4, 0.5) is 9.52 Å². The fourth-order valence-corrected chi connectivity index (χ4v) is 3.42. The zero-order valence-corrected chi connectivity index (χ0v) is 15.3. The number of methoxy groups -OCH3 is 1. The van der Waals surface area contributed by atoms with Gasteiger partial charge in [0.15, 0.2) is 5.75 Å². The molecule has 4 nitrogen and oxygen atoms in total. The SMILES string of the molecule is COc1c(Cl)cc(/C=N\Nc2nc(-c3ccc(F)cc3)cs2)cc1Cl. The molecule has 0 radical (unpaired) electrons. The maximum Gasteiger partial charge on any atom is 0.203 e. The molecule has 0 saturated heterocycles.